The van der Waals surface area contributed by atoms with Crippen molar-refractivity contribution in [2.24, 2.45) is 0 Å². The minimum atomic E-state index is -2.02. The number of hydrogen-bond donors (Lipinski definition) is 2. The third-order valence-electron chi connectivity index (χ3n) is 3.92. The Morgan fingerprint density at radius 3 is 2.74 bits per heavy atom. The quantitative estimate of drug-likeness (QED) is 0.737. The molecule has 2 atom stereocenters. The first-order valence-corrected chi connectivity index (χ1v) is 8.58. The molecule has 0 saturated carbocycles. The van der Waals surface area contributed by atoms with E-state index in [0.717, 1.165) is 0 Å². The van der Waals surface area contributed by atoms with E-state index in [1.54, 1.807) is 12.2 Å². The molecule has 23 heavy (non-hydrogen) atoms. The first kappa shape index (κ1) is 16.7. The monoisotopic (exact) mass is 415 g/mol. The number of carbonyl (C=O) groups excluding carboxylic acids is 2. The van der Waals surface area contributed by atoms with Gasteiger partial charge in [0.25, 0.3) is 5.91 Å². The van der Waals surface area contributed by atoms with E-state index in [0.29, 0.717) is 12.0 Å². The number of halogens is 3. The van der Waals surface area contributed by atoms with Crippen LogP contribution in [0.25, 0.3) is 0 Å². The van der Waals surface area contributed by atoms with Gasteiger partial charge in [0.1, 0.15) is 0 Å². The highest BCUT2D eigenvalue weighted by Crippen LogP contribution is 2.46. The normalized spacial score (nSPS) is 25.8. The topological polar surface area (TPSA) is 66.4 Å². The number of fused-ring (bicyclic) bond motifs is 1. The summed E-state index contributed by atoms with van der Waals surface area (Å²) in [5.74, 6) is -1.03. The smallest absolute Gasteiger partial charge is 0.261 e. The number of allylic oxidation sites excluding steroid dienone is 4. The second-order valence-electron chi connectivity index (χ2n) is 5.46. The van der Waals surface area contributed by atoms with Crippen molar-refractivity contribution in [3.63, 3.8) is 0 Å². The number of anilines is 1. The molecule has 7 heteroatoms. The van der Waals surface area contributed by atoms with Gasteiger partial charge in [0.2, 0.25) is 0 Å². The lowest BCUT2D eigenvalue weighted by Crippen LogP contribution is -2.37. The molecule has 0 aromatic heterocycles. The Balaban J connectivity index is 1.95. The fourth-order valence-electron chi connectivity index (χ4n) is 2.71. The molecule has 1 heterocycles. The van der Waals surface area contributed by atoms with Crippen molar-refractivity contribution in [2.75, 3.05) is 5.32 Å². The second-order valence-corrected chi connectivity index (χ2v) is 7.45. The fraction of sp³-hybridized carbons (Fsp3) is 0.250. The number of ketones is 1. The van der Waals surface area contributed by atoms with Gasteiger partial charge in [0.15, 0.2) is 11.4 Å². The molecule has 0 bridgehead atoms. The van der Waals surface area contributed by atoms with Crippen LogP contribution in [-0.4, -0.2) is 21.6 Å². The summed E-state index contributed by atoms with van der Waals surface area (Å²) in [6, 6.07) is 3.02. The molecule has 120 valence electrons. The van der Waals surface area contributed by atoms with Gasteiger partial charge in [-0.25, -0.2) is 0 Å². The summed E-state index contributed by atoms with van der Waals surface area (Å²) in [5, 5.41) is 13.8. The number of nitrogens with one attached hydrogen (secondary N) is 1. The lowest BCUT2D eigenvalue weighted by atomic mass is 9.87. The fourth-order valence-corrected chi connectivity index (χ4v) is 3.57. The highest BCUT2D eigenvalue weighted by atomic mass is 79.9. The number of alkyl halides is 1. The minimum absolute atomic E-state index is 0.156. The van der Waals surface area contributed by atoms with Crippen molar-refractivity contribution < 1.29 is 14.7 Å². The van der Waals surface area contributed by atoms with Gasteiger partial charge >= 0.3 is 0 Å². The van der Waals surface area contributed by atoms with Gasteiger partial charge in [-0.1, -0.05) is 57.4 Å². The molecule has 0 saturated heterocycles. The largest absolute Gasteiger partial charge is 0.375 e. The molecule has 4 nitrogen and oxygen atoms in total. The number of aliphatic hydroxyl groups is 1. The molecule has 2 aliphatic rings. The lowest BCUT2D eigenvalue weighted by molar-refractivity contribution is -0.138. The molecule has 1 aromatic rings. The number of amides is 1. The van der Waals surface area contributed by atoms with Crippen molar-refractivity contribution in [1.29, 1.82) is 0 Å². The first-order valence-electron chi connectivity index (χ1n) is 6.91. The van der Waals surface area contributed by atoms with E-state index < -0.39 is 17.9 Å². The van der Waals surface area contributed by atoms with Crippen molar-refractivity contribution >= 4 is 56.5 Å². The number of rotatable bonds is 3. The van der Waals surface area contributed by atoms with Crippen molar-refractivity contribution in [3.05, 3.63) is 51.5 Å². The van der Waals surface area contributed by atoms with E-state index in [-0.39, 0.29) is 31.9 Å². The second kappa shape index (κ2) is 6.06. The van der Waals surface area contributed by atoms with Crippen molar-refractivity contribution in [1.82, 2.24) is 0 Å². The Bertz CT molecular complexity index is 775. The van der Waals surface area contributed by atoms with E-state index in [1.165, 1.54) is 12.1 Å². The summed E-state index contributed by atoms with van der Waals surface area (Å²) in [6.07, 6.45) is 5.59. The summed E-state index contributed by atoms with van der Waals surface area (Å²) < 4.78 is 0. The Kier molecular flexibility index (Phi) is 4.40. The van der Waals surface area contributed by atoms with Gasteiger partial charge in [-0.2, -0.15) is 0 Å². The van der Waals surface area contributed by atoms with Crippen molar-refractivity contribution in [2.45, 2.75) is 23.3 Å². The Hall–Kier alpha value is -1.14. The van der Waals surface area contributed by atoms with Crippen molar-refractivity contribution in [3.8, 4) is 0 Å². The van der Waals surface area contributed by atoms with Crippen LogP contribution in [0.3, 0.4) is 0 Å². The van der Waals surface area contributed by atoms with Crippen LogP contribution in [-0.2, 0) is 15.2 Å². The molecule has 0 spiro atoms. The van der Waals surface area contributed by atoms with Gasteiger partial charge in [-0.3, -0.25) is 9.59 Å². The molecule has 0 fully saturated rings. The zero-order valence-electron chi connectivity index (χ0n) is 11.8. The van der Waals surface area contributed by atoms with Gasteiger partial charge < -0.3 is 10.4 Å². The minimum Gasteiger partial charge on any atom is -0.375 e. The summed E-state index contributed by atoms with van der Waals surface area (Å²) in [7, 11) is 0. The molecule has 3 rings (SSSR count). The van der Waals surface area contributed by atoms with Gasteiger partial charge in [0, 0.05) is 21.0 Å². The summed E-state index contributed by atoms with van der Waals surface area (Å²) in [4.78, 5) is 24.9. The average molecular weight is 417 g/mol. The number of carbonyl (C=O) groups is 2. The highest BCUT2D eigenvalue weighted by molar-refractivity contribution is 9.09. The number of hydrogen-bond acceptors (Lipinski definition) is 3. The van der Waals surface area contributed by atoms with Crippen LogP contribution in [0.15, 0.2) is 35.9 Å². The first-order chi connectivity index (χ1) is 10.8. The van der Waals surface area contributed by atoms with Crippen LogP contribution < -0.4 is 5.32 Å². The predicted octanol–water partition coefficient (Wildman–Crippen LogP) is 3.74. The predicted molar refractivity (Wildman–Crippen MR) is 93.2 cm³/mol. The number of benzene rings is 1. The molecule has 0 radical (unpaired) electrons. The maximum atomic E-state index is 12.5. The Labute approximate surface area is 151 Å². The van der Waals surface area contributed by atoms with E-state index in [1.807, 2.05) is 6.08 Å². The third-order valence-corrected chi connectivity index (χ3v) is 5.23. The van der Waals surface area contributed by atoms with E-state index in [2.05, 4.69) is 21.2 Å². The van der Waals surface area contributed by atoms with Crippen LogP contribution in [0.1, 0.15) is 18.4 Å². The van der Waals surface area contributed by atoms with Crippen LogP contribution in [0, 0.1) is 0 Å². The summed E-state index contributed by atoms with van der Waals surface area (Å²) >= 11 is 15.6. The van der Waals surface area contributed by atoms with Gasteiger partial charge in [-0.15, -0.1) is 0 Å². The van der Waals surface area contributed by atoms with Crippen LogP contribution >= 0.6 is 39.1 Å². The SMILES string of the molecule is O=C(CC1(O)C(=O)Nc2c(Cl)ccc(Cl)c21)C1=CCC(Br)C=C1. The Morgan fingerprint density at radius 1 is 1.39 bits per heavy atom. The van der Waals surface area contributed by atoms with Gasteiger partial charge in [0.05, 0.1) is 17.1 Å². The highest BCUT2D eigenvalue weighted by Gasteiger charge is 2.49. The van der Waals surface area contributed by atoms with E-state index in [4.69, 9.17) is 23.2 Å². The molecule has 1 aliphatic heterocycles. The standard InChI is InChI=1S/C16H12BrCl2NO3/c17-9-3-1-8(2-4-9)12(21)7-16(23)13-10(18)5-6-11(19)14(13)20-15(16)22/h1-3,5-6,9,23H,4,7H2,(H,20,22). The number of Topliss-reactive ketones (excluding diaryl/α,β-unsaturated/α-hetero) is 1. The van der Waals surface area contributed by atoms with Gasteiger partial charge in [-0.05, 0) is 18.6 Å². The summed E-state index contributed by atoms with van der Waals surface area (Å²) in [6.45, 7) is 0. The summed E-state index contributed by atoms with van der Waals surface area (Å²) in [5.41, 5.74) is -1.14. The van der Waals surface area contributed by atoms with Crippen LogP contribution in [0.2, 0.25) is 10.0 Å². The zero-order chi connectivity index (χ0) is 16.8. The molecule has 1 amide bonds. The molecule has 1 aromatic carbocycles. The third kappa shape index (κ3) is 2.87. The van der Waals surface area contributed by atoms with E-state index >= 15 is 0 Å². The maximum absolute atomic E-state index is 12.5. The van der Waals surface area contributed by atoms with E-state index in [9.17, 15) is 14.7 Å². The lowest BCUT2D eigenvalue weighted by Gasteiger charge is -2.22. The van der Waals surface area contributed by atoms with Crippen LogP contribution in [0.5, 0.6) is 0 Å². The molecular formula is C16H12BrCl2NO3. The molecule has 1 aliphatic carbocycles. The molecule has 2 N–H and O–H groups in total. The molecule has 2 unspecified atom stereocenters. The average Bonchev–Trinajstić information content (AvgIpc) is 2.77. The van der Waals surface area contributed by atoms with Crippen LogP contribution in [0.4, 0.5) is 5.69 Å². The Morgan fingerprint density at radius 2 is 2.09 bits per heavy atom. The zero-order valence-corrected chi connectivity index (χ0v) is 14.9. The molecular weight excluding hydrogens is 405 g/mol. The maximum Gasteiger partial charge on any atom is 0.261 e.